The van der Waals surface area contributed by atoms with Crippen molar-refractivity contribution in [2.75, 3.05) is 19.6 Å². The highest BCUT2D eigenvalue weighted by Gasteiger charge is 1.97. The lowest BCUT2D eigenvalue weighted by atomic mass is 10.3. The predicted molar refractivity (Wildman–Crippen MR) is 76.2 cm³/mol. The van der Waals surface area contributed by atoms with Crippen molar-refractivity contribution >= 4 is 5.91 Å². The minimum Gasteiger partial charge on any atom is -0.352 e. The fourth-order valence-corrected chi connectivity index (χ4v) is 1.01. The number of unbranched alkanes of at least 4 members (excludes halogenated alkanes) is 1. The van der Waals surface area contributed by atoms with Crippen LogP contribution in [0.1, 0.15) is 53.4 Å². The van der Waals surface area contributed by atoms with Crippen LogP contribution in [0.2, 0.25) is 0 Å². The van der Waals surface area contributed by atoms with Gasteiger partial charge in [0.25, 0.3) is 0 Å². The van der Waals surface area contributed by atoms with Crippen molar-refractivity contribution in [2.24, 2.45) is 0 Å². The summed E-state index contributed by atoms with van der Waals surface area (Å²) in [5, 5.41) is 6.03. The number of rotatable bonds is 8. The van der Waals surface area contributed by atoms with E-state index in [9.17, 15) is 4.79 Å². The second-order valence-electron chi connectivity index (χ2n) is 4.14. The van der Waals surface area contributed by atoms with Crippen molar-refractivity contribution in [3.8, 4) is 0 Å². The molecule has 3 heteroatoms. The predicted octanol–water partition coefficient (Wildman–Crippen LogP) is 2.87. The molecule has 0 radical (unpaired) electrons. The fourth-order valence-electron chi connectivity index (χ4n) is 1.01. The standard InChI is InChI=1S/C8H15NO.C6H15N/c1-4-5-6-9-8(10)7(2)3;1-3-5-7-6-4-2/h2,4-6H2,1,3H3,(H,9,10);7H,3-6H2,1-2H3. The fraction of sp³-hybridized carbons (Fsp3) is 0.786. The number of hydrogen-bond acceptors (Lipinski definition) is 2. The van der Waals surface area contributed by atoms with Crippen LogP contribution in [-0.4, -0.2) is 25.5 Å². The van der Waals surface area contributed by atoms with Crippen LogP contribution in [0.4, 0.5) is 0 Å². The van der Waals surface area contributed by atoms with Gasteiger partial charge in [0.2, 0.25) is 5.91 Å². The van der Waals surface area contributed by atoms with Crippen molar-refractivity contribution in [3.05, 3.63) is 12.2 Å². The van der Waals surface area contributed by atoms with Crippen molar-refractivity contribution in [1.29, 1.82) is 0 Å². The van der Waals surface area contributed by atoms with Crippen LogP contribution < -0.4 is 10.6 Å². The Labute approximate surface area is 107 Å². The van der Waals surface area contributed by atoms with E-state index in [-0.39, 0.29) is 5.91 Å². The van der Waals surface area contributed by atoms with Crippen LogP contribution in [0.5, 0.6) is 0 Å². The van der Waals surface area contributed by atoms with E-state index in [0.29, 0.717) is 5.57 Å². The van der Waals surface area contributed by atoms with Crippen LogP contribution in [0.15, 0.2) is 12.2 Å². The summed E-state index contributed by atoms with van der Waals surface area (Å²) in [5.41, 5.74) is 0.580. The molecule has 102 valence electrons. The van der Waals surface area contributed by atoms with Gasteiger partial charge in [-0.1, -0.05) is 33.8 Å². The molecule has 0 atom stereocenters. The summed E-state index contributed by atoms with van der Waals surface area (Å²) < 4.78 is 0. The smallest absolute Gasteiger partial charge is 0.246 e. The quantitative estimate of drug-likeness (QED) is 0.507. The number of hydrogen-bond donors (Lipinski definition) is 2. The molecule has 0 aliphatic carbocycles. The van der Waals surface area contributed by atoms with Gasteiger partial charge in [0.1, 0.15) is 0 Å². The van der Waals surface area contributed by atoms with E-state index < -0.39 is 0 Å². The van der Waals surface area contributed by atoms with Crippen LogP contribution >= 0.6 is 0 Å². The van der Waals surface area contributed by atoms with Crippen LogP contribution in [0, 0.1) is 0 Å². The summed E-state index contributed by atoms with van der Waals surface area (Å²) in [4.78, 5) is 10.8. The molecule has 0 spiro atoms. The monoisotopic (exact) mass is 242 g/mol. The van der Waals surface area contributed by atoms with Gasteiger partial charge >= 0.3 is 0 Å². The molecule has 0 aromatic rings. The summed E-state index contributed by atoms with van der Waals surface area (Å²) in [5.74, 6) is -0.0338. The average molecular weight is 242 g/mol. The SMILES string of the molecule is C=C(C)C(=O)NCCCC.CCCNCCC. The average Bonchev–Trinajstić information content (AvgIpc) is 2.30. The Balaban J connectivity index is 0. The van der Waals surface area contributed by atoms with Gasteiger partial charge in [-0.3, -0.25) is 4.79 Å². The van der Waals surface area contributed by atoms with Crippen molar-refractivity contribution < 1.29 is 4.79 Å². The molecule has 0 aliphatic rings. The Hall–Kier alpha value is -0.830. The van der Waals surface area contributed by atoms with E-state index >= 15 is 0 Å². The molecule has 0 rings (SSSR count). The first-order valence-electron chi connectivity index (χ1n) is 6.74. The van der Waals surface area contributed by atoms with Crippen LogP contribution in [-0.2, 0) is 4.79 Å². The molecule has 17 heavy (non-hydrogen) atoms. The van der Waals surface area contributed by atoms with Crippen LogP contribution in [0.3, 0.4) is 0 Å². The second-order valence-corrected chi connectivity index (χ2v) is 4.14. The molecule has 1 amide bonds. The van der Waals surface area contributed by atoms with E-state index in [1.165, 1.54) is 25.9 Å². The Morgan fingerprint density at radius 3 is 1.88 bits per heavy atom. The topological polar surface area (TPSA) is 41.1 Å². The summed E-state index contributed by atoms with van der Waals surface area (Å²) in [6.45, 7) is 14.8. The third-order valence-electron chi connectivity index (χ3n) is 2.06. The van der Waals surface area contributed by atoms with Crippen molar-refractivity contribution in [1.82, 2.24) is 10.6 Å². The Kier molecular flexibility index (Phi) is 16.5. The highest BCUT2D eigenvalue weighted by Crippen LogP contribution is 1.87. The van der Waals surface area contributed by atoms with Gasteiger partial charge in [0, 0.05) is 12.1 Å². The zero-order valence-electron chi connectivity index (χ0n) is 12.1. The van der Waals surface area contributed by atoms with E-state index in [0.717, 1.165) is 19.4 Å². The third kappa shape index (κ3) is 17.8. The zero-order valence-corrected chi connectivity index (χ0v) is 12.1. The van der Waals surface area contributed by atoms with E-state index in [4.69, 9.17) is 0 Å². The molecule has 0 saturated heterocycles. The lowest BCUT2D eigenvalue weighted by molar-refractivity contribution is -0.117. The first-order chi connectivity index (χ1) is 8.09. The van der Waals surface area contributed by atoms with E-state index in [1.54, 1.807) is 6.92 Å². The maximum absolute atomic E-state index is 10.8. The van der Waals surface area contributed by atoms with E-state index in [1.807, 2.05) is 0 Å². The van der Waals surface area contributed by atoms with Gasteiger partial charge in [-0.05, 0) is 39.3 Å². The zero-order chi connectivity index (χ0) is 13.5. The molecule has 0 fully saturated rings. The van der Waals surface area contributed by atoms with Crippen molar-refractivity contribution in [3.63, 3.8) is 0 Å². The minimum absolute atomic E-state index is 0.0338. The lowest BCUT2D eigenvalue weighted by Crippen LogP contribution is -2.24. The molecule has 0 heterocycles. The Bertz CT molecular complexity index is 187. The largest absolute Gasteiger partial charge is 0.352 e. The first kappa shape index (κ1) is 18.5. The highest BCUT2D eigenvalue weighted by atomic mass is 16.1. The highest BCUT2D eigenvalue weighted by molar-refractivity contribution is 5.91. The molecular formula is C14H30N2O. The van der Waals surface area contributed by atoms with Crippen LogP contribution in [0.25, 0.3) is 0 Å². The van der Waals surface area contributed by atoms with E-state index in [2.05, 4.69) is 38.0 Å². The third-order valence-corrected chi connectivity index (χ3v) is 2.06. The van der Waals surface area contributed by atoms with Gasteiger partial charge < -0.3 is 10.6 Å². The molecular weight excluding hydrogens is 212 g/mol. The van der Waals surface area contributed by atoms with Gasteiger partial charge in [-0.2, -0.15) is 0 Å². The molecule has 0 unspecified atom stereocenters. The second kappa shape index (κ2) is 15.2. The summed E-state index contributed by atoms with van der Waals surface area (Å²) in [6, 6.07) is 0. The number of amides is 1. The van der Waals surface area contributed by atoms with Gasteiger partial charge in [-0.15, -0.1) is 0 Å². The number of carbonyl (C=O) groups is 1. The number of carbonyl (C=O) groups excluding carboxylic acids is 1. The molecule has 0 bridgehead atoms. The normalized spacial score (nSPS) is 9.18. The summed E-state index contributed by atoms with van der Waals surface area (Å²) in [6.07, 6.45) is 4.65. The maximum atomic E-state index is 10.8. The molecule has 0 aliphatic heterocycles. The van der Waals surface area contributed by atoms with Gasteiger partial charge in [0.15, 0.2) is 0 Å². The molecule has 0 aromatic carbocycles. The molecule has 3 nitrogen and oxygen atoms in total. The summed E-state index contributed by atoms with van der Waals surface area (Å²) >= 11 is 0. The lowest BCUT2D eigenvalue weighted by Gasteiger charge is -2.01. The van der Waals surface area contributed by atoms with Gasteiger partial charge in [0.05, 0.1) is 0 Å². The summed E-state index contributed by atoms with van der Waals surface area (Å²) in [7, 11) is 0. The number of nitrogens with one attached hydrogen (secondary N) is 2. The molecule has 0 aromatic heterocycles. The van der Waals surface area contributed by atoms with Gasteiger partial charge in [-0.25, -0.2) is 0 Å². The Morgan fingerprint density at radius 1 is 1.00 bits per heavy atom. The first-order valence-corrected chi connectivity index (χ1v) is 6.74. The Morgan fingerprint density at radius 2 is 1.53 bits per heavy atom. The maximum Gasteiger partial charge on any atom is 0.246 e. The molecule has 0 saturated carbocycles. The minimum atomic E-state index is -0.0338. The van der Waals surface area contributed by atoms with Crippen molar-refractivity contribution in [2.45, 2.75) is 53.4 Å². The molecule has 2 N–H and O–H groups in total.